The zero-order valence-electron chi connectivity index (χ0n) is 6.69. The number of hydrogen-bond acceptors (Lipinski definition) is 2. The van der Waals surface area contributed by atoms with Crippen LogP contribution < -0.4 is 0 Å². The number of aliphatic hydroxyl groups is 1. The molecule has 0 unspecified atom stereocenters. The Hall–Kier alpha value is -1.35. The minimum absolute atomic E-state index is 0.113. The molecule has 0 radical (unpaired) electrons. The fourth-order valence-electron chi connectivity index (χ4n) is 1.43. The number of aliphatic hydroxyl groups excluding tert-OH is 1. The highest BCUT2D eigenvalue weighted by molar-refractivity contribution is 5.98. The molecule has 12 heavy (non-hydrogen) atoms. The predicted octanol–water partition coefficient (Wildman–Crippen LogP) is 0.763. The van der Waals surface area contributed by atoms with E-state index in [2.05, 4.69) is 0 Å². The van der Waals surface area contributed by atoms with Crippen molar-refractivity contribution in [2.75, 3.05) is 7.05 Å². The Morgan fingerprint density at radius 1 is 1.42 bits per heavy atom. The standard InChI is InChI=1S/C9H9NO2/c1-10-8(11)6-4-2-3-5-7(6)9(10)12/h2-5,8,11H,1H3/t8-/m0/s1. The van der Waals surface area contributed by atoms with Crippen molar-refractivity contribution in [1.82, 2.24) is 4.90 Å². The average molecular weight is 163 g/mol. The third-order valence-electron chi connectivity index (χ3n) is 2.16. The lowest BCUT2D eigenvalue weighted by Gasteiger charge is -2.13. The highest BCUT2D eigenvalue weighted by atomic mass is 16.3. The highest BCUT2D eigenvalue weighted by Crippen LogP contribution is 2.29. The summed E-state index contributed by atoms with van der Waals surface area (Å²) >= 11 is 0. The molecule has 0 fully saturated rings. The topological polar surface area (TPSA) is 40.5 Å². The Balaban J connectivity index is 2.59. The van der Waals surface area contributed by atoms with Crippen molar-refractivity contribution >= 4 is 5.91 Å². The molecule has 0 saturated carbocycles. The average Bonchev–Trinajstić information content (AvgIpc) is 2.33. The third-order valence-corrected chi connectivity index (χ3v) is 2.16. The summed E-state index contributed by atoms with van der Waals surface area (Å²) in [5.41, 5.74) is 1.30. The summed E-state index contributed by atoms with van der Waals surface area (Å²) < 4.78 is 0. The van der Waals surface area contributed by atoms with Crippen molar-refractivity contribution in [2.24, 2.45) is 0 Å². The molecule has 2 rings (SSSR count). The zero-order chi connectivity index (χ0) is 8.72. The SMILES string of the molecule is CN1C(=O)c2ccccc2[C@@H]1O. The van der Waals surface area contributed by atoms with E-state index in [1.54, 1.807) is 25.2 Å². The summed E-state index contributed by atoms with van der Waals surface area (Å²) in [6.45, 7) is 0. The van der Waals surface area contributed by atoms with Gasteiger partial charge in [-0.25, -0.2) is 0 Å². The van der Waals surface area contributed by atoms with Crippen LogP contribution in [0.25, 0.3) is 0 Å². The molecule has 1 aliphatic rings. The summed E-state index contributed by atoms with van der Waals surface area (Å²) in [6, 6.07) is 7.10. The van der Waals surface area contributed by atoms with Crippen molar-refractivity contribution in [1.29, 1.82) is 0 Å². The molecule has 62 valence electrons. The van der Waals surface area contributed by atoms with Crippen molar-refractivity contribution in [3.63, 3.8) is 0 Å². The van der Waals surface area contributed by atoms with Gasteiger partial charge in [0.25, 0.3) is 5.91 Å². The maximum Gasteiger partial charge on any atom is 0.256 e. The lowest BCUT2D eigenvalue weighted by molar-refractivity contribution is 0.0302. The molecule has 1 heterocycles. The van der Waals surface area contributed by atoms with Crippen molar-refractivity contribution in [2.45, 2.75) is 6.23 Å². The fraction of sp³-hybridized carbons (Fsp3) is 0.222. The van der Waals surface area contributed by atoms with Gasteiger partial charge < -0.3 is 10.0 Å². The normalized spacial score (nSPS) is 21.3. The maximum atomic E-state index is 11.4. The van der Waals surface area contributed by atoms with Gasteiger partial charge in [-0.3, -0.25) is 4.79 Å². The summed E-state index contributed by atoms with van der Waals surface area (Å²) in [4.78, 5) is 12.7. The second-order valence-corrected chi connectivity index (χ2v) is 2.88. The van der Waals surface area contributed by atoms with E-state index in [1.807, 2.05) is 6.07 Å². The van der Waals surface area contributed by atoms with Gasteiger partial charge in [-0.15, -0.1) is 0 Å². The molecular formula is C9H9NO2. The Kier molecular flexibility index (Phi) is 1.41. The molecular weight excluding hydrogens is 154 g/mol. The van der Waals surface area contributed by atoms with Gasteiger partial charge in [0.05, 0.1) is 0 Å². The van der Waals surface area contributed by atoms with Gasteiger partial charge in [0.15, 0.2) is 6.23 Å². The monoisotopic (exact) mass is 163 g/mol. The van der Waals surface area contributed by atoms with E-state index in [0.29, 0.717) is 11.1 Å². The molecule has 1 amide bonds. The molecule has 0 saturated heterocycles. The first-order valence-electron chi connectivity index (χ1n) is 3.76. The van der Waals surface area contributed by atoms with Gasteiger partial charge in [-0.05, 0) is 6.07 Å². The van der Waals surface area contributed by atoms with Crippen LogP contribution in [0.5, 0.6) is 0 Å². The number of rotatable bonds is 0. The first-order valence-corrected chi connectivity index (χ1v) is 3.76. The van der Waals surface area contributed by atoms with Crippen LogP contribution in [0, 0.1) is 0 Å². The largest absolute Gasteiger partial charge is 0.369 e. The Labute approximate surface area is 70.2 Å². The van der Waals surface area contributed by atoms with Crippen LogP contribution in [-0.2, 0) is 0 Å². The highest BCUT2D eigenvalue weighted by Gasteiger charge is 2.31. The molecule has 1 atom stereocenters. The van der Waals surface area contributed by atoms with E-state index in [4.69, 9.17) is 0 Å². The summed E-state index contributed by atoms with van der Waals surface area (Å²) in [7, 11) is 1.59. The van der Waals surface area contributed by atoms with Crippen molar-refractivity contribution in [3.05, 3.63) is 35.4 Å². The van der Waals surface area contributed by atoms with E-state index in [1.165, 1.54) is 4.90 Å². The minimum Gasteiger partial charge on any atom is -0.369 e. The molecule has 1 aliphatic heterocycles. The van der Waals surface area contributed by atoms with Gasteiger partial charge >= 0.3 is 0 Å². The van der Waals surface area contributed by atoms with Gasteiger partial charge in [0.2, 0.25) is 0 Å². The number of carbonyl (C=O) groups excluding carboxylic acids is 1. The van der Waals surface area contributed by atoms with Crippen LogP contribution in [-0.4, -0.2) is 23.0 Å². The molecule has 1 aromatic carbocycles. The molecule has 1 N–H and O–H groups in total. The van der Waals surface area contributed by atoms with Gasteiger partial charge in [0, 0.05) is 18.2 Å². The maximum absolute atomic E-state index is 11.4. The Bertz CT molecular complexity index is 335. The molecule has 0 aromatic heterocycles. The zero-order valence-corrected chi connectivity index (χ0v) is 6.69. The fourth-order valence-corrected chi connectivity index (χ4v) is 1.43. The summed E-state index contributed by atoms with van der Waals surface area (Å²) in [5, 5.41) is 9.53. The van der Waals surface area contributed by atoms with Crippen LogP contribution >= 0.6 is 0 Å². The number of hydrogen-bond donors (Lipinski definition) is 1. The lowest BCUT2D eigenvalue weighted by atomic mass is 10.1. The number of nitrogens with zero attached hydrogens (tertiary/aromatic N) is 1. The Morgan fingerprint density at radius 2 is 2.08 bits per heavy atom. The number of fused-ring (bicyclic) bond motifs is 1. The number of amides is 1. The second kappa shape index (κ2) is 2.32. The lowest BCUT2D eigenvalue weighted by Crippen LogP contribution is -2.22. The smallest absolute Gasteiger partial charge is 0.256 e. The van der Waals surface area contributed by atoms with E-state index < -0.39 is 6.23 Å². The minimum atomic E-state index is -0.770. The van der Waals surface area contributed by atoms with Crippen LogP contribution in [0.2, 0.25) is 0 Å². The second-order valence-electron chi connectivity index (χ2n) is 2.88. The first-order chi connectivity index (χ1) is 5.72. The van der Waals surface area contributed by atoms with Gasteiger partial charge in [-0.1, -0.05) is 18.2 Å². The molecule has 3 heteroatoms. The van der Waals surface area contributed by atoms with Gasteiger partial charge in [0.1, 0.15) is 0 Å². The molecule has 1 aromatic rings. The van der Waals surface area contributed by atoms with Crippen molar-refractivity contribution in [3.8, 4) is 0 Å². The van der Waals surface area contributed by atoms with E-state index in [9.17, 15) is 9.90 Å². The number of benzene rings is 1. The van der Waals surface area contributed by atoms with E-state index in [-0.39, 0.29) is 5.91 Å². The molecule has 0 bridgehead atoms. The van der Waals surface area contributed by atoms with Crippen LogP contribution in [0.1, 0.15) is 22.1 Å². The quantitative estimate of drug-likeness (QED) is 0.613. The van der Waals surface area contributed by atoms with Crippen LogP contribution in [0.3, 0.4) is 0 Å². The first kappa shape index (κ1) is 7.31. The third kappa shape index (κ3) is 0.769. The Morgan fingerprint density at radius 3 is 2.75 bits per heavy atom. The van der Waals surface area contributed by atoms with Gasteiger partial charge in [-0.2, -0.15) is 0 Å². The van der Waals surface area contributed by atoms with E-state index >= 15 is 0 Å². The molecule has 3 nitrogen and oxygen atoms in total. The van der Waals surface area contributed by atoms with E-state index in [0.717, 1.165) is 0 Å². The van der Waals surface area contributed by atoms with Crippen LogP contribution in [0.4, 0.5) is 0 Å². The number of carbonyl (C=O) groups is 1. The summed E-state index contributed by atoms with van der Waals surface area (Å²) in [6.07, 6.45) is -0.770. The van der Waals surface area contributed by atoms with Crippen molar-refractivity contribution < 1.29 is 9.90 Å². The molecule has 0 spiro atoms. The summed E-state index contributed by atoms with van der Waals surface area (Å²) in [5.74, 6) is -0.113. The van der Waals surface area contributed by atoms with Crippen LogP contribution in [0.15, 0.2) is 24.3 Å². The predicted molar refractivity (Wildman–Crippen MR) is 43.5 cm³/mol. The molecule has 0 aliphatic carbocycles.